The van der Waals surface area contributed by atoms with Gasteiger partial charge in [0.15, 0.2) is 23.1 Å². The zero-order valence-electron chi connectivity index (χ0n) is 33.2. The summed E-state index contributed by atoms with van der Waals surface area (Å²) in [7, 11) is 0. The average Bonchev–Trinajstić information content (AvgIpc) is 3.98. The summed E-state index contributed by atoms with van der Waals surface area (Å²) >= 11 is 0. The molecule has 12 aromatic rings. The second kappa shape index (κ2) is 12.5. The van der Waals surface area contributed by atoms with E-state index in [1.54, 1.807) is 0 Å². The Morgan fingerprint density at radius 2 is 1.15 bits per heavy atom. The third-order valence-electron chi connectivity index (χ3n) is 12.5. The molecule has 0 fully saturated rings. The Morgan fingerprint density at radius 1 is 0.443 bits per heavy atom. The number of hydrogen-bond donors (Lipinski definition) is 0. The van der Waals surface area contributed by atoms with Gasteiger partial charge in [-0.3, -0.25) is 0 Å². The molecule has 4 aromatic heterocycles. The molecule has 61 heavy (non-hydrogen) atoms. The maximum atomic E-state index is 6.93. The lowest BCUT2D eigenvalue weighted by Crippen LogP contribution is -2.24. The van der Waals surface area contributed by atoms with Gasteiger partial charge in [0.25, 0.3) is 0 Å². The summed E-state index contributed by atoms with van der Waals surface area (Å²) in [5.74, 6) is 3.44. The van der Waals surface area contributed by atoms with Crippen LogP contribution in [-0.4, -0.2) is 19.5 Å². The highest BCUT2D eigenvalue weighted by Crippen LogP contribution is 2.51. The van der Waals surface area contributed by atoms with Crippen LogP contribution in [-0.2, 0) is 5.41 Å². The second-order valence-electron chi connectivity index (χ2n) is 16.4. The number of benzene rings is 8. The van der Waals surface area contributed by atoms with Crippen molar-refractivity contribution in [2.45, 2.75) is 19.3 Å². The van der Waals surface area contributed by atoms with E-state index in [2.05, 4.69) is 115 Å². The first-order valence-electron chi connectivity index (χ1n) is 20.5. The predicted octanol–water partition coefficient (Wildman–Crippen LogP) is 14.2. The molecule has 1 aliphatic heterocycles. The van der Waals surface area contributed by atoms with Crippen molar-refractivity contribution in [2.24, 2.45) is 0 Å². The summed E-state index contributed by atoms with van der Waals surface area (Å²) in [5.41, 5.74) is 10.9. The van der Waals surface area contributed by atoms with Gasteiger partial charge in [-0.15, -0.1) is 0 Å². The predicted molar refractivity (Wildman–Crippen MR) is 244 cm³/mol. The Hall–Kier alpha value is -8.03. The molecule has 0 amide bonds. The van der Waals surface area contributed by atoms with Gasteiger partial charge in [-0.1, -0.05) is 129 Å². The molecule has 13 rings (SSSR count). The SMILES string of the molecule is CC1(C)c2ccccc2Oc2cc3c(cc21)c1ccccc1n3-c1cccc2c1oc1cccc(-c3nc(-c4ccccc4)nc(-c4ccc5c(c4)oc4ccccc45)n3)c12. The number of fused-ring (bicyclic) bond motifs is 11. The van der Waals surface area contributed by atoms with Crippen LogP contribution in [0.25, 0.3) is 106 Å². The fraction of sp³-hybridized carbons (Fsp3) is 0.0556. The number of rotatable bonds is 4. The molecule has 7 nitrogen and oxygen atoms in total. The molecule has 1 aliphatic rings. The smallest absolute Gasteiger partial charge is 0.164 e. The van der Waals surface area contributed by atoms with E-state index < -0.39 is 0 Å². The van der Waals surface area contributed by atoms with Crippen molar-refractivity contribution in [3.05, 3.63) is 181 Å². The van der Waals surface area contributed by atoms with Gasteiger partial charge in [0.2, 0.25) is 0 Å². The van der Waals surface area contributed by atoms with Gasteiger partial charge in [0.05, 0.1) is 16.7 Å². The van der Waals surface area contributed by atoms with Crippen LogP contribution in [0.2, 0.25) is 0 Å². The lowest BCUT2D eigenvalue weighted by atomic mass is 9.75. The van der Waals surface area contributed by atoms with Crippen molar-refractivity contribution >= 4 is 65.7 Å². The molecule has 0 bridgehead atoms. The molecule has 0 N–H and O–H groups in total. The van der Waals surface area contributed by atoms with Crippen molar-refractivity contribution in [1.29, 1.82) is 0 Å². The zero-order valence-corrected chi connectivity index (χ0v) is 33.2. The van der Waals surface area contributed by atoms with Gasteiger partial charge >= 0.3 is 0 Å². The Labute approximate surface area is 349 Å². The van der Waals surface area contributed by atoms with Gasteiger partial charge < -0.3 is 18.1 Å². The van der Waals surface area contributed by atoms with E-state index in [9.17, 15) is 0 Å². The van der Waals surface area contributed by atoms with E-state index >= 15 is 0 Å². The third kappa shape index (κ3) is 4.95. The molecule has 0 radical (unpaired) electrons. The number of ether oxygens (including phenoxy) is 1. The van der Waals surface area contributed by atoms with E-state index in [1.165, 1.54) is 5.56 Å². The summed E-state index contributed by atoms with van der Waals surface area (Å²) in [4.78, 5) is 15.4. The monoisotopic (exact) mass is 786 g/mol. The van der Waals surface area contributed by atoms with Gasteiger partial charge in [-0.05, 0) is 48.5 Å². The maximum absolute atomic E-state index is 6.93. The van der Waals surface area contributed by atoms with E-state index in [-0.39, 0.29) is 5.41 Å². The largest absolute Gasteiger partial charge is 0.457 e. The molecule has 0 saturated carbocycles. The van der Waals surface area contributed by atoms with Crippen molar-refractivity contribution in [2.75, 3.05) is 0 Å². The Balaban J connectivity index is 1.02. The first-order valence-corrected chi connectivity index (χ1v) is 20.5. The quantitative estimate of drug-likeness (QED) is 0.177. The number of para-hydroxylation sites is 4. The van der Waals surface area contributed by atoms with E-state index in [4.69, 9.17) is 28.5 Å². The van der Waals surface area contributed by atoms with Crippen LogP contribution in [0.4, 0.5) is 0 Å². The lowest BCUT2D eigenvalue weighted by Gasteiger charge is -2.34. The van der Waals surface area contributed by atoms with Crippen LogP contribution >= 0.6 is 0 Å². The third-order valence-corrected chi connectivity index (χ3v) is 12.5. The highest BCUT2D eigenvalue weighted by Gasteiger charge is 2.35. The van der Waals surface area contributed by atoms with Crippen LogP contribution in [0, 0.1) is 0 Å². The number of aromatic nitrogens is 4. The zero-order chi connectivity index (χ0) is 40.4. The fourth-order valence-electron chi connectivity index (χ4n) is 9.57. The fourth-order valence-corrected chi connectivity index (χ4v) is 9.57. The van der Waals surface area contributed by atoms with E-state index in [0.717, 1.165) is 105 Å². The molecule has 0 unspecified atom stereocenters. The van der Waals surface area contributed by atoms with Crippen LogP contribution in [0.15, 0.2) is 179 Å². The van der Waals surface area contributed by atoms with Crippen LogP contribution in [0.5, 0.6) is 11.5 Å². The van der Waals surface area contributed by atoms with Crippen LogP contribution in [0.1, 0.15) is 25.0 Å². The number of furan rings is 2. The standard InChI is InChI=1S/C54H34N4O3/c1-54(2)39-20-8-11-24-45(39)60-48-30-43-38(29-40(48)54)33-16-6-9-21-41(33)58(43)42-22-12-18-36-49-37(19-13-25-46(49)61-50(36)42)53-56-51(31-14-4-3-5-15-31)55-52(57-53)32-26-27-35-34-17-7-10-23-44(34)59-47(35)28-32/h3-30H,1-2H3. The van der Waals surface area contributed by atoms with Crippen molar-refractivity contribution < 1.29 is 13.6 Å². The molecule has 0 aliphatic carbocycles. The molecule has 7 heteroatoms. The topological polar surface area (TPSA) is 79.1 Å². The maximum Gasteiger partial charge on any atom is 0.164 e. The summed E-state index contributed by atoms with van der Waals surface area (Å²) < 4.78 is 22.2. The highest BCUT2D eigenvalue weighted by atomic mass is 16.5. The summed E-state index contributed by atoms with van der Waals surface area (Å²) in [6.45, 7) is 4.56. The van der Waals surface area contributed by atoms with Gasteiger partial charge in [-0.25, -0.2) is 15.0 Å². The number of nitrogens with zero attached hydrogens (tertiary/aromatic N) is 4. The highest BCUT2D eigenvalue weighted by molar-refractivity contribution is 6.16. The van der Waals surface area contributed by atoms with Gasteiger partial charge in [-0.2, -0.15) is 0 Å². The first kappa shape index (κ1) is 33.9. The normalized spacial score (nSPS) is 13.3. The second-order valence-corrected chi connectivity index (χ2v) is 16.4. The van der Waals surface area contributed by atoms with Crippen LogP contribution in [0.3, 0.4) is 0 Å². The Bertz CT molecular complexity index is 3780. The Morgan fingerprint density at radius 3 is 2.05 bits per heavy atom. The average molecular weight is 787 g/mol. The molecule has 0 spiro atoms. The van der Waals surface area contributed by atoms with Crippen molar-refractivity contribution in [3.8, 4) is 51.3 Å². The minimum Gasteiger partial charge on any atom is -0.457 e. The first-order chi connectivity index (χ1) is 30.0. The summed E-state index contributed by atoms with van der Waals surface area (Å²) in [6, 6.07) is 58.3. The summed E-state index contributed by atoms with van der Waals surface area (Å²) in [5, 5.41) is 6.34. The minimum atomic E-state index is -0.244. The van der Waals surface area contributed by atoms with Crippen molar-refractivity contribution in [3.63, 3.8) is 0 Å². The molecular formula is C54H34N4O3. The van der Waals surface area contributed by atoms with Crippen LogP contribution < -0.4 is 4.74 Å². The van der Waals surface area contributed by atoms with Gasteiger partial charge in [0, 0.05) is 71.6 Å². The minimum absolute atomic E-state index is 0.244. The Kier molecular flexibility index (Phi) is 6.94. The van der Waals surface area contributed by atoms with E-state index in [0.29, 0.717) is 17.5 Å². The molecule has 0 atom stereocenters. The van der Waals surface area contributed by atoms with E-state index in [1.807, 2.05) is 72.8 Å². The molecule has 0 saturated heterocycles. The molecule has 288 valence electrons. The van der Waals surface area contributed by atoms with Gasteiger partial charge in [0.1, 0.15) is 28.2 Å². The summed E-state index contributed by atoms with van der Waals surface area (Å²) in [6.07, 6.45) is 0. The van der Waals surface area contributed by atoms with Crippen molar-refractivity contribution in [1.82, 2.24) is 19.5 Å². The number of hydrogen-bond acceptors (Lipinski definition) is 6. The molecular weight excluding hydrogens is 753 g/mol. The lowest BCUT2D eigenvalue weighted by molar-refractivity contribution is 0.419. The molecule has 5 heterocycles. The molecule has 8 aromatic carbocycles.